The quantitative estimate of drug-likeness (QED) is 0.853. The fourth-order valence-electron chi connectivity index (χ4n) is 1.47. The van der Waals surface area contributed by atoms with Crippen molar-refractivity contribution in [2.75, 3.05) is 5.32 Å². The first-order chi connectivity index (χ1) is 8.16. The Labute approximate surface area is 113 Å². The van der Waals surface area contributed by atoms with E-state index in [1.54, 1.807) is 12.1 Å². The molecule has 2 rings (SSSR count). The second-order valence-electron chi connectivity index (χ2n) is 3.57. The summed E-state index contributed by atoms with van der Waals surface area (Å²) in [5, 5.41) is 3.43. The maximum Gasteiger partial charge on any atom is 0.147 e. The Kier molecular flexibility index (Phi) is 4.02. The second kappa shape index (κ2) is 5.52. The molecule has 1 N–H and O–H groups in total. The van der Waals surface area contributed by atoms with E-state index >= 15 is 0 Å². The monoisotopic (exact) mass is 313 g/mol. The first-order valence-corrected chi connectivity index (χ1v) is 6.26. The van der Waals surface area contributed by atoms with E-state index in [1.165, 1.54) is 6.07 Å². The van der Waals surface area contributed by atoms with Gasteiger partial charge >= 0.3 is 0 Å². The molecule has 0 fully saturated rings. The van der Waals surface area contributed by atoms with Gasteiger partial charge in [0.15, 0.2) is 0 Å². The first-order valence-electron chi connectivity index (χ1n) is 5.09. The lowest BCUT2D eigenvalue weighted by molar-refractivity contribution is 0.630. The Hall–Kier alpha value is -1.06. The van der Waals surface area contributed by atoms with Gasteiger partial charge in [0.05, 0.1) is 5.69 Å². The minimum atomic E-state index is -0.343. The predicted octanol–water partition coefficient (Wildman–Crippen LogP) is 4.85. The molecule has 0 saturated heterocycles. The summed E-state index contributed by atoms with van der Waals surface area (Å²) in [4.78, 5) is 0. The van der Waals surface area contributed by atoms with Crippen molar-refractivity contribution in [1.29, 1.82) is 0 Å². The maximum absolute atomic E-state index is 13.5. The molecule has 0 aromatic heterocycles. The van der Waals surface area contributed by atoms with Crippen LogP contribution in [0.2, 0.25) is 5.02 Å². The van der Waals surface area contributed by atoms with Crippen molar-refractivity contribution in [3.63, 3.8) is 0 Å². The lowest BCUT2D eigenvalue weighted by Gasteiger charge is -2.09. The third kappa shape index (κ3) is 3.20. The van der Waals surface area contributed by atoms with Gasteiger partial charge in [-0.25, -0.2) is 4.39 Å². The van der Waals surface area contributed by atoms with Crippen LogP contribution in [0.25, 0.3) is 0 Å². The molecule has 0 unspecified atom stereocenters. The minimum absolute atomic E-state index is 0.343. The van der Waals surface area contributed by atoms with Crippen molar-refractivity contribution >= 4 is 33.2 Å². The van der Waals surface area contributed by atoms with Gasteiger partial charge in [-0.2, -0.15) is 0 Å². The molecule has 0 atom stereocenters. The van der Waals surface area contributed by atoms with Crippen molar-refractivity contribution in [2.45, 2.75) is 6.54 Å². The molecule has 0 aliphatic rings. The van der Waals surface area contributed by atoms with Crippen molar-refractivity contribution in [3.05, 3.63) is 63.3 Å². The summed E-state index contributed by atoms with van der Waals surface area (Å²) in [6.45, 7) is 0.556. The number of benzene rings is 2. The number of hydrogen-bond donors (Lipinski definition) is 1. The highest BCUT2D eigenvalue weighted by Gasteiger charge is 2.03. The van der Waals surface area contributed by atoms with Crippen LogP contribution in [0.5, 0.6) is 0 Å². The molecule has 0 amide bonds. The van der Waals surface area contributed by atoms with Gasteiger partial charge in [-0.1, -0.05) is 45.7 Å². The summed E-state index contributed by atoms with van der Waals surface area (Å²) in [6, 6.07) is 12.4. The van der Waals surface area contributed by atoms with E-state index in [9.17, 15) is 4.39 Å². The number of hydrogen-bond acceptors (Lipinski definition) is 1. The lowest BCUT2D eigenvalue weighted by Crippen LogP contribution is -2.01. The maximum atomic E-state index is 13.5. The fraction of sp³-hybridized carbons (Fsp3) is 0.0769. The Morgan fingerprint density at radius 3 is 2.65 bits per heavy atom. The van der Waals surface area contributed by atoms with Crippen LogP contribution < -0.4 is 5.32 Å². The summed E-state index contributed by atoms with van der Waals surface area (Å²) in [6.07, 6.45) is 0. The molecule has 0 heterocycles. The average molecular weight is 315 g/mol. The SMILES string of the molecule is Fc1cc(Cl)ccc1NCc1ccccc1Br. The Morgan fingerprint density at radius 1 is 1.18 bits per heavy atom. The molecule has 17 heavy (non-hydrogen) atoms. The van der Waals surface area contributed by atoms with E-state index in [-0.39, 0.29) is 5.82 Å². The summed E-state index contributed by atoms with van der Waals surface area (Å²) in [5.41, 5.74) is 1.52. The molecule has 0 bridgehead atoms. The number of anilines is 1. The van der Waals surface area contributed by atoms with Gasteiger partial charge in [0.1, 0.15) is 5.82 Å². The molecule has 2 aromatic rings. The van der Waals surface area contributed by atoms with E-state index in [4.69, 9.17) is 11.6 Å². The van der Waals surface area contributed by atoms with Crippen LogP contribution in [-0.4, -0.2) is 0 Å². The Balaban J connectivity index is 2.10. The van der Waals surface area contributed by atoms with Gasteiger partial charge in [-0.15, -0.1) is 0 Å². The molecule has 4 heteroatoms. The molecular formula is C13H10BrClFN. The Morgan fingerprint density at radius 2 is 1.94 bits per heavy atom. The van der Waals surface area contributed by atoms with Crippen LogP contribution in [0.15, 0.2) is 46.9 Å². The largest absolute Gasteiger partial charge is 0.379 e. The molecule has 0 aliphatic carbocycles. The lowest BCUT2D eigenvalue weighted by atomic mass is 10.2. The molecule has 0 radical (unpaired) electrons. The van der Waals surface area contributed by atoms with Gasteiger partial charge in [0.2, 0.25) is 0 Å². The highest BCUT2D eigenvalue weighted by molar-refractivity contribution is 9.10. The second-order valence-corrected chi connectivity index (χ2v) is 4.86. The van der Waals surface area contributed by atoms with Gasteiger partial charge in [-0.05, 0) is 29.8 Å². The minimum Gasteiger partial charge on any atom is -0.379 e. The molecule has 1 nitrogen and oxygen atoms in total. The third-order valence-corrected chi connectivity index (χ3v) is 3.37. The summed E-state index contributed by atoms with van der Waals surface area (Å²) in [5.74, 6) is -0.343. The van der Waals surface area contributed by atoms with Crippen molar-refractivity contribution in [3.8, 4) is 0 Å². The molecule has 88 valence electrons. The van der Waals surface area contributed by atoms with Crippen LogP contribution in [0.4, 0.5) is 10.1 Å². The molecular weight excluding hydrogens is 305 g/mol. The van der Waals surface area contributed by atoms with E-state index < -0.39 is 0 Å². The molecule has 2 aromatic carbocycles. The molecule has 0 spiro atoms. The van der Waals surface area contributed by atoms with E-state index in [0.29, 0.717) is 17.3 Å². The van der Waals surface area contributed by atoms with Crippen molar-refractivity contribution in [2.24, 2.45) is 0 Å². The number of nitrogens with one attached hydrogen (secondary N) is 1. The topological polar surface area (TPSA) is 12.0 Å². The highest BCUT2D eigenvalue weighted by Crippen LogP contribution is 2.21. The van der Waals surface area contributed by atoms with Crippen LogP contribution in [0, 0.1) is 5.82 Å². The zero-order valence-corrected chi connectivity index (χ0v) is 11.2. The zero-order valence-electron chi connectivity index (χ0n) is 8.88. The van der Waals surface area contributed by atoms with Crippen LogP contribution in [0.3, 0.4) is 0 Å². The normalized spacial score (nSPS) is 10.3. The summed E-state index contributed by atoms with van der Waals surface area (Å²) >= 11 is 9.13. The van der Waals surface area contributed by atoms with Crippen LogP contribution in [-0.2, 0) is 6.54 Å². The molecule has 0 aliphatic heterocycles. The predicted molar refractivity (Wildman–Crippen MR) is 72.9 cm³/mol. The first kappa shape index (κ1) is 12.4. The smallest absolute Gasteiger partial charge is 0.147 e. The number of rotatable bonds is 3. The van der Waals surface area contributed by atoms with E-state index in [1.807, 2.05) is 24.3 Å². The standard InChI is InChI=1S/C13H10BrClFN/c14-11-4-2-1-3-9(11)8-17-13-6-5-10(15)7-12(13)16/h1-7,17H,8H2. The van der Waals surface area contributed by atoms with Gasteiger partial charge in [-0.3, -0.25) is 0 Å². The van der Waals surface area contributed by atoms with Crippen molar-refractivity contribution in [1.82, 2.24) is 0 Å². The van der Waals surface area contributed by atoms with Gasteiger partial charge in [0, 0.05) is 16.0 Å². The fourth-order valence-corrected chi connectivity index (χ4v) is 2.05. The van der Waals surface area contributed by atoms with Crippen molar-refractivity contribution < 1.29 is 4.39 Å². The summed E-state index contributed by atoms with van der Waals surface area (Å²) < 4.78 is 14.5. The zero-order chi connectivity index (χ0) is 12.3. The Bertz CT molecular complexity index is 531. The van der Waals surface area contributed by atoms with E-state index in [0.717, 1.165) is 10.0 Å². The van der Waals surface area contributed by atoms with Crippen LogP contribution >= 0.6 is 27.5 Å². The number of halogens is 3. The molecule has 0 saturated carbocycles. The van der Waals surface area contributed by atoms with E-state index in [2.05, 4.69) is 21.2 Å². The highest BCUT2D eigenvalue weighted by atomic mass is 79.9. The van der Waals surface area contributed by atoms with Gasteiger partial charge in [0.25, 0.3) is 0 Å². The van der Waals surface area contributed by atoms with Crippen LogP contribution in [0.1, 0.15) is 5.56 Å². The third-order valence-electron chi connectivity index (χ3n) is 2.36. The average Bonchev–Trinajstić information content (AvgIpc) is 2.30. The van der Waals surface area contributed by atoms with Gasteiger partial charge < -0.3 is 5.32 Å². The summed E-state index contributed by atoms with van der Waals surface area (Å²) in [7, 11) is 0.